The van der Waals surface area contributed by atoms with Crippen LogP contribution in [0.4, 0.5) is 14.6 Å². The van der Waals surface area contributed by atoms with Gasteiger partial charge in [-0.05, 0) is 73.4 Å². The van der Waals surface area contributed by atoms with Crippen molar-refractivity contribution in [3.63, 3.8) is 0 Å². The van der Waals surface area contributed by atoms with E-state index in [9.17, 15) is 17.2 Å². The number of benzene rings is 2. The lowest BCUT2D eigenvalue weighted by atomic mass is 9.82. The summed E-state index contributed by atoms with van der Waals surface area (Å²) in [6.45, 7) is 0.664. The van der Waals surface area contributed by atoms with Crippen molar-refractivity contribution in [1.82, 2.24) is 9.71 Å². The minimum atomic E-state index is -3.55. The van der Waals surface area contributed by atoms with Crippen LogP contribution in [0.2, 0.25) is 0 Å². The standard InChI is InChI=1S/C33H41F2N3O6S/c1-41-20-26-16-30(37-45(3,39)40)31(21-43-28-13-9-23(10-14-28)24-5-4-6-25(34)15-24)38(26)33-17-32(29(35)18-36-33)44-19-22-7-11-27(42-2)12-8-22/h4-8,11-12,15,17-18,23,26,28,30-31,37H,9-10,13-14,16,19-21H2,1-3H3/t23?,26-,28?,30-,31-/m0/s1. The SMILES string of the molecule is COC[C@@H]1C[C@H](NS(C)(=O)=O)[C@H](COC2CCC(c3cccc(F)c3)CC2)N1c1cc(OCc2ccc(OC)cc2)c(F)cn1. The molecule has 0 bridgehead atoms. The number of anilines is 1. The van der Waals surface area contributed by atoms with Crippen molar-refractivity contribution >= 4 is 15.8 Å². The highest BCUT2D eigenvalue weighted by Crippen LogP contribution is 2.37. The number of pyridine rings is 1. The summed E-state index contributed by atoms with van der Waals surface area (Å²) in [7, 11) is -0.377. The van der Waals surface area contributed by atoms with Crippen molar-refractivity contribution in [2.75, 3.05) is 38.6 Å². The molecule has 3 aromatic rings. The normalized spacial score (nSPS) is 23.7. The summed E-state index contributed by atoms with van der Waals surface area (Å²) in [6, 6.07) is 14.4. The van der Waals surface area contributed by atoms with Crippen molar-refractivity contribution in [1.29, 1.82) is 0 Å². The molecule has 0 spiro atoms. The Kier molecular flexibility index (Phi) is 10.9. The number of rotatable bonds is 13. The van der Waals surface area contributed by atoms with Crippen LogP contribution in [0.3, 0.4) is 0 Å². The zero-order chi connectivity index (χ0) is 32.0. The van der Waals surface area contributed by atoms with Gasteiger partial charge in [-0.1, -0.05) is 24.3 Å². The van der Waals surface area contributed by atoms with Crippen LogP contribution < -0.4 is 19.1 Å². The van der Waals surface area contributed by atoms with Crippen molar-refractivity contribution in [3.8, 4) is 11.5 Å². The molecule has 45 heavy (non-hydrogen) atoms. The van der Waals surface area contributed by atoms with Gasteiger partial charge in [0, 0.05) is 19.2 Å². The fourth-order valence-corrected chi connectivity index (χ4v) is 7.23. The van der Waals surface area contributed by atoms with Crippen LogP contribution in [-0.4, -0.2) is 71.3 Å². The third-order valence-electron chi connectivity index (χ3n) is 8.59. The molecule has 1 saturated carbocycles. The molecule has 0 amide bonds. The average molecular weight is 646 g/mol. The van der Waals surface area contributed by atoms with Crippen LogP contribution in [0.15, 0.2) is 60.8 Å². The zero-order valence-electron chi connectivity index (χ0n) is 25.8. The number of hydrogen-bond donors (Lipinski definition) is 1. The molecule has 5 rings (SSSR count). The number of ether oxygens (including phenoxy) is 4. The zero-order valence-corrected chi connectivity index (χ0v) is 26.6. The molecule has 2 aliphatic rings. The van der Waals surface area contributed by atoms with Gasteiger partial charge in [0.25, 0.3) is 0 Å². The van der Waals surface area contributed by atoms with Crippen LogP contribution in [-0.2, 0) is 26.1 Å². The van der Waals surface area contributed by atoms with E-state index in [-0.39, 0.29) is 42.8 Å². The second-order valence-electron chi connectivity index (χ2n) is 11.8. The van der Waals surface area contributed by atoms with Gasteiger partial charge in [-0.2, -0.15) is 0 Å². The van der Waals surface area contributed by atoms with Gasteiger partial charge in [0.2, 0.25) is 10.0 Å². The molecule has 1 aromatic heterocycles. The number of nitrogens with zero attached hydrogens (tertiary/aromatic N) is 2. The van der Waals surface area contributed by atoms with E-state index in [2.05, 4.69) is 9.71 Å². The number of hydrogen-bond acceptors (Lipinski definition) is 8. The number of halogens is 2. The van der Waals surface area contributed by atoms with Crippen molar-refractivity contribution < 1.29 is 36.1 Å². The smallest absolute Gasteiger partial charge is 0.209 e. The first-order valence-corrected chi connectivity index (χ1v) is 17.1. The maximum absolute atomic E-state index is 14.9. The topological polar surface area (TPSA) is 99.2 Å². The lowest BCUT2D eigenvalue weighted by molar-refractivity contribution is 0.0152. The molecule has 2 heterocycles. The molecule has 0 radical (unpaired) electrons. The van der Waals surface area contributed by atoms with E-state index in [1.807, 2.05) is 23.1 Å². The van der Waals surface area contributed by atoms with E-state index >= 15 is 0 Å². The van der Waals surface area contributed by atoms with Gasteiger partial charge in [0.05, 0.1) is 51.0 Å². The second kappa shape index (κ2) is 14.8. The van der Waals surface area contributed by atoms with Crippen LogP contribution >= 0.6 is 0 Å². The Bertz CT molecular complexity index is 1520. The molecular weight excluding hydrogens is 604 g/mol. The van der Waals surface area contributed by atoms with Gasteiger partial charge < -0.3 is 23.8 Å². The van der Waals surface area contributed by atoms with Crippen LogP contribution in [0.5, 0.6) is 11.5 Å². The first kappa shape index (κ1) is 33.1. The lowest BCUT2D eigenvalue weighted by Crippen LogP contribution is -2.49. The number of methoxy groups -OCH3 is 2. The van der Waals surface area contributed by atoms with Crippen LogP contribution in [0.1, 0.15) is 49.1 Å². The number of sulfonamides is 1. The van der Waals surface area contributed by atoms with Gasteiger partial charge in [-0.3, -0.25) is 0 Å². The molecule has 2 fully saturated rings. The Balaban J connectivity index is 1.32. The predicted molar refractivity (Wildman–Crippen MR) is 167 cm³/mol. The molecule has 0 unspecified atom stereocenters. The molecule has 1 aliphatic heterocycles. The summed E-state index contributed by atoms with van der Waals surface area (Å²) in [5, 5.41) is 0. The van der Waals surface area contributed by atoms with Crippen LogP contribution in [0.25, 0.3) is 0 Å². The summed E-state index contributed by atoms with van der Waals surface area (Å²) >= 11 is 0. The van der Waals surface area contributed by atoms with Gasteiger partial charge in [-0.25, -0.2) is 26.9 Å². The Labute approximate surface area is 263 Å². The molecule has 244 valence electrons. The average Bonchev–Trinajstić information content (AvgIpc) is 3.35. The Morgan fingerprint density at radius 2 is 1.76 bits per heavy atom. The number of nitrogens with one attached hydrogen (secondary N) is 1. The summed E-state index contributed by atoms with van der Waals surface area (Å²) in [5.41, 5.74) is 1.84. The van der Waals surface area contributed by atoms with Gasteiger partial charge in [0.1, 0.15) is 24.0 Å². The molecule has 3 atom stereocenters. The quantitative estimate of drug-likeness (QED) is 0.271. The summed E-state index contributed by atoms with van der Waals surface area (Å²) in [6.07, 6.45) is 6.01. The van der Waals surface area contributed by atoms with Crippen molar-refractivity contribution in [2.45, 2.75) is 68.9 Å². The molecular formula is C33H41F2N3O6S. The van der Waals surface area contributed by atoms with Crippen molar-refractivity contribution in [2.24, 2.45) is 0 Å². The third-order valence-corrected chi connectivity index (χ3v) is 9.32. The molecule has 2 aromatic carbocycles. The van der Waals surface area contributed by atoms with E-state index < -0.39 is 27.9 Å². The highest BCUT2D eigenvalue weighted by Gasteiger charge is 2.44. The minimum absolute atomic E-state index is 0.0263. The summed E-state index contributed by atoms with van der Waals surface area (Å²) < 4.78 is 79.2. The molecule has 1 saturated heterocycles. The first-order valence-electron chi connectivity index (χ1n) is 15.2. The first-order chi connectivity index (χ1) is 21.6. The second-order valence-corrected chi connectivity index (χ2v) is 13.6. The minimum Gasteiger partial charge on any atom is -0.497 e. The maximum atomic E-state index is 14.9. The number of aromatic nitrogens is 1. The van der Waals surface area contributed by atoms with Gasteiger partial charge >= 0.3 is 0 Å². The molecule has 12 heteroatoms. The Morgan fingerprint density at radius 3 is 2.42 bits per heavy atom. The predicted octanol–water partition coefficient (Wildman–Crippen LogP) is 5.20. The molecule has 1 N–H and O–H groups in total. The van der Waals surface area contributed by atoms with E-state index in [0.717, 1.165) is 49.3 Å². The lowest BCUT2D eigenvalue weighted by Gasteiger charge is -2.35. The van der Waals surface area contributed by atoms with Crippen molar-refractivity contribution in [3.05, 3.63) is 83.6 Å². The van der Waals surface area contributed by atoms with E-state index in [0.29, 0.717) is 24.6 Å². The summed E-state index contributed by atoms with van der Waals surface area (Å²) in [4.78, 5) is 6.36. The highest BCUT2D eigenvalue weighted by molar-refractivity contribution is 7.88. The maximum Gasteiger partial charge on any atom is 0.209 e. The fourth-order valence-electron chi connectivity index (χ4n) is 6.43. The molecule has 1 aliphatic carbocycles. The van der Waals surface area contributed by atoms with E-state index in [1.165, 1.54) is 6.07 Å². The summed E-state index contributed by atoms with van der Waals surface area (Å²) in [5.74, 6) is 0.606. The van der Waals surface area contributed by atoms with E-state index in [4.69, 9.17) is 18.9 Å². The molecule has 9 nitrogen and oxygen atoms in total. The van der Waals surface area contributed by atoms with Gasteiger partial charge in [0.15, 0.2) is 11.6 Å². The monoisotopic (exact) mass is 645 g/mol. The Morgan fingerprint density at radius 1 is 1.00 bits per heavy atom. The highest BCUT2D eigenvalue weighted by atomic mass is 32.2. The third kappa shape index (κ3) is 8.69. The largest absolute Gasteiger partial charge is 0.497 e. The Hall–Kier alpha value is -3.32. The fraction of sp³-hybridized carbons (Fsp3) is 0.485. The van der Waals surface area contributed by atoms with Crippen LogP contribution in [0, 0.1) is 11.6 Å². The van der Waals surface area contributed by atoms with E-state index in [1.54, 1.807) is 44.6 Å². The van der Waals surface area contributed by atoms with Gasteiger partial charge in [-0.15, -0.1) is 0 Å².